The molecule has 2 nitrogen and oxygen atoms in total. The Morgan fingerprint density at radius 1 is 1.35 bits per heavy atom. The van der Waals surface area contributed by atoms with E-state index in [1.54, 1.807) is 0 Å². The lowest BCUT2D eigenvalue weighted by Crippen LogP contribution is -1.96. The van der Waals surface area contributed by atoms with E-state index in [4.69, 9.17) is 16.6 Å². The van der Waals surface area contributed by atoms with Crippen LogP contribution in [-0.4, -0.2) is 12.0 Å². The zero-order valence-electron chi connectivity index (χ0n) is 9.43. The lowest BCUT2D eigenvalue weighted by Gasteiger charge is -2.10. The van der Waals surface area contributed by atoms with E-state index in [-0.39, 0.29) is 0 Å². The zero-order chi connectivity index (χ0) is 12.0. The van der Waals surface area contributed by atoms with Gasteiger partial charge in [0.2, 0.25) is 0 Å². The van der Waals surface area contributed by atoms with Gasteiger partial charge in [0.15, 0.2) is 0 Å². The number of anilines is 1. The van der Waals surface area contributed by atoms with E-state index in [2.05, 4.69) is 40.0 Å². The fraction of sp³-hybridized carbons (Fsp3) is 0.308. The molecule has 0 aliphatic heterocycles. The number of fused-ring (bicyclic) bond motifs is 1. The molecule has 1 aliphatic rings. The third kappa shape index (κ3) is 2.10. The number of pyridine rings is 1. The predicted molar refractivity (Wildman–Crippen MR) is 81.0 cm³/mol. The van der Waals surface area contributed by atoms with E-state index >= 15 is 0 Å². The molecule has 0 amide bonds. The van der Waals surface area contributed by atoms with Gasteiger partial charge >= 0.3 is 0 Å². The summed E-state index contributed by atoms with van der Waals surface area (Å²) in [7, 11) is 1.94. The third-order valence-corrected chi connectivity index (χ3v) is 4.03. The summed E-state index contributed by atoms with van der Waals surface area (Å²) in [6, 6.07) is 6.25. The van der Waals surface area contributed by atoms with Crippen molar-refractivity contribution in [1.82, 2.24) is 4.98 Å². The Morgan fingerprint density at radius 3 is 2.76 bits per heavy atom. The van der Waals surface area contributed by atoms with Gasteiger partial charge in [0.25, 0.3) is 0 Å². The van der Waals surface area contributed by atoms with E-state index in [1.165, 1.54) is 18.5 Å². The van der Waals surface area contributed by atoms with Crippen LogP contribution in [0.5, 0.6) is 0 Å². The van der Waals surface area contributed by atoms with Crippen molar-refractivity contribution >= 4 is 50.8 Å². The molecule has 1 aromatic heterocycles. The molecule has 0 bridgehead atoms. The summed E-state index contributed by atoms with van der Waals surface area (Å²) in [4.78, 5) is 4.71. The smallest absolute Gasteiger partial charge is 0.0913 e. The Balaban J connectivity index is 2.31. The largest absolute Gasteiger partial charge is 0.388 e. The molecule has 1 aromatic carbocycles. The molecule has 3 rings (SSSR count). The molecule has 1 N–H and O–H groups in total. The van der Waals surface area contributed by atoms with Gasteiger partial charge in [0.05, 0.1) is 10.5 Å². The van der Waals surface area contributed by atoms with Crippen molar-refractivity contribution in [3.05, 3.63) is 32.5 Å². The molecule has 1 saturated carbocycles. The van der Waals surface area contributed by atoms with Crippen molar-refractivity contribution < 1.29 is 0 Å². The lowest BCUT2D eigenvalue weighted by atomic mass is 10.1. The molecule has 1 fully saturated rings. The summed E-state index contributed by atoms with van der Waals surface area (Å²) in [5, 5.41) is 5.09. The highest BCUT2D eigenvalue weighted by atomic mass is 127. The summed E-state index contributed by atoms with van der Waals surface area (Å²) >= 11 is 8.57. The summed E-state index contributed by atoms with van der Waals surface area (Å²) in [5.74, 6) is 0.641. The van der Waals surface area contributed by atoms with Crippen LogP contribution in [0, 0.1) is 3.57 Å². The minimum atomic E-state index is 0.641. The fourth-order valence-corrected chi connectivity index (χ4v) is 3.14. The topological polar surface area (TPSA) is 24.9 Å². The molecule has 0 spiro atoms. The molecule has 88 valence electrons. The number of benzene rings is 1. The standard InChI is InChI=1S/C13H12ClIN2/c1-16-12-6-11(7-2-3-7)17-13-9(12)4-8(15)5-10(13)14/h4-7H,2-3H2,1H3,(H,16,17). The highest BCUT2D eigenvalue weighted by molar-refractivity contribution is 14.1. The maximum atomic E-state index is 6.29. The van der Waals surface area contributed by atoms with Crippen molar-refractivity contribution in [1.29, 1.82) is 0 Å². The van der Waals surface area contributed by atoms with Gasteiger partial charge in [-0.15, -0.1) is 0 Å². The summed E-state index contributed by atoms with van der Waals surface area (Å²) in [6.45, 7) is 0. The van der Waals surface area contributed by atoms with Crippen LogP contribution < -0.4 is 5.32 Å². The lowest BCUT2D eigenvalue weighted by molar-refractivity contribution is 1.04. The van der Waals surface area contributed by atoms with Crippen LogP contribution in [0.4, 0.5) is 5.69 Å². The van der Waals surface area contributed by atoms with E-state index in [1.807, 2.05) is 13.1 Å². The van der Waals surface area contributed by atoms with Gasteiger partial charge < -0.3 is 5.32 Å². The first kappa shape index (κ1) is 11.5. The number of aromatic nitrogens is 1. The molecule has 0 atom stereocenters. The molecule has 0 unspecified atom stereocenters. The average molecular weight is 359 g/mol. The summed E-state index contributed by atoms with van der Waals surface area (Å²) < 4.78 is 1.14. The first-order valence-corrected chi connectivity index (χ1v) is 7.12. The van der Waals surface area contributed by atoms with Gasteiger partial charge in [-0.3, -0.25) is 4.98 Å². The van der Waals surface area contributed by atoms with Crippen LogP contribution in [0.15, 0.2) is 18.2 Å². The van der Waals surface area contributed by atoms with Gasteiger partial charge in [-0.1, -0.05) is 11.6 Å². The molecular formula is C13H12ClIN2. The minimum absolute atomic E-state index is 0.641. The van der Waals surface area contributed by atoms with Crippen molar-refractivity contribution in [3.8, 4) is 0 Å². The van der Waals surface area contributed by atoms with Crippen LogP contribution in [-0.2, 0) is 0 Å². The molecule has 1 aliphatic carbocycles. The second-order valence-electron chi connectivity index (χ2n) is 4.40. The van der Waals surface area contributed by atoms with E-state index in [9.17, 15) is 0 Å². The quantitative estimate of drug-likeness (QED) is 0.804. The van der Waals surface area contributed by atoms with Crippen molar-refractivity contribution in [2.24, 2.45) is 0 Å². The first-order chi connectivity index (χ1) is 8.19. The minimum Gasteiger partial charge on any atom is -0.388 e. The van der Waals surface area contributed by atoms with Crippen molar-refractivity contribution in [2.45, 2.75) is 18.8 Å². The monoisotopic (exact) mass is 358 g/mol. The van der Waals surface area contributed by atoms with Crippen LogP contribution in [0.3, 0.4) is 0 Å². The summed E-state index contributed by atoms with van der Waals surface area (Å²) in [5.41, 5.74) is 3.21. The predicted octanol–water partition coefficient (Wildman–Crippen LogP) is 4.41. The van der Waals surface area contributed by atoms with Crippen LogP contribution in [0.2, 0.25) is 5.02 Å². The first-order valence-electron chi connectivity index (χ1n) is 5.66. The Kier molecular flexibility index (Phi) is 2.91. The second kappa shape index (κ2) is 4.28. The number of hydrogen-bond donors (Lipinski definition) is 1. The molecule has 1 heterocycles. The van der Waals surface area contributed by atoms with Gasteiger partial charge in [0.1, 0.15) is 0 Å². The molecule has 0 saturated heterocycles. The Morgan fingerprint density at radius 2 is 2.12 bits per heavy atom. The van der Waals surface area contributed by atoms with E-state index in [0.717, 1.165) is 25.2 Å². The maximum Gasteiger partial charge on any atom is 0.0913 e. The highest BCUT2D eigenvalue weighted by Crippen LogP contribution is 2.42. The third-order valence-electron chi connectivity index (χ3n) is 3.12. The van der Waals surface area contributed by atoms with Gasteiger partial charge in [0, 0.05) is 33.3 Å². The number of nitrogens with zero attached hydrogens (tertiary/aromatic N) is 1. The molecule has 0 radical (unpaired) electrons. The van der Waals surface area contributed by atoms with Crippen LogP contribution in [0.25, 0.3) is 10.9 Å². The Bertz CT molecular complexity index is 593. The molecular weight excluding hydrogens is 347 g/mol. The number of halogens is 2. The zero-order valence-corrected chi connectivity index (χ0v) is 12.3. The second-order valence-corrected chi connectivity index (χ2v) is 6.06. The molecule has 4 heteroatoms. The SMILES string of the molecule is CNc1cc(C2CC2)nc2c(Cl)cc(I)cc12. The number of hydrogen-bond acceptors (Lipinski definition) is 2. The maximum absolute atomic E-state index is 6.29. The Labute approximate surface area is 119 Å². The number of nitrogens with one attached hydrogen (secondary N) is 1. The fourth-order valence-electron chi connectivity index (χ4n) is 2.07. The molecule has 17 heavy (non-hydrogen) atoms. The highest BCUT2D eigenvalue weighted by Gasteiger charge is 2.26. The van der Waals surface area contributed by atoms with Crippen LogP contribution >= 0.6 is 34.2 Å². The van der Waals surface area contributed by atoms with Crippen LogP contribution in [0.1, 0.15) is 24.5 Å². The van der Waals surface area contributed by atoms with E-state index < -0.39 is 0 Å². The molecule has 2 aromatic rings. The van der Waals surface area contributed by atoms with Gasteiger partial charge in [-0.25, -0.2) is 0 Å². The summed E-state index contributed by atoms with van der Waals surface area (Å²) in [6.07, 6.45) is 2.51. The normalized spacial score (nSPS) is 15.2. The van der Waals surface area contributed by atoms with Gasteiger partial charge in [-0.2, -0.15) is 0 Å². The Hall–Kier alpha value is -0.550. The number of rotatable bonds is 2. The van der Waals surface area contributed by atoms with E-state index in [0.29, 0.717) is 5.92 Å². The van der Waals surface area contributed by atoms with Crippen molar-refractivity contribution in [2.75, 3.05) is 12.4 Å². The van der Waals surface area contributed by atoms with Gasteiger partial charge in [-0.05, 0) is 53.6 Å². The van der Waals surface area contributed by atoms with Crippen molar-refractivity contribution in [3.63, 3.8) is 0 Å². The average Bonchev–Trinajstić information content (AvgIpc) is 3.11.